The second kappa shape index (κ2) is 10.4. The number of nitrogens with zero attached hydrogens (tertiary/aromatic N) is 2. The van der Waals surface area contributed by atoms with Crippen molar-refractivity contribution in [2.75, 3.05) is 18.4 Å². The smallest absolute Gasteiger partial charge is 0.388 e. The minimum Gasteiger partial charge on any atom is -0.481 e. The van der Waals surface area contributed by atoms with E-state index in [9.17, 15) is 28.3 Å². The summed E-state index contributed by atoms with van der Waals surface area (Å²) in [6, 6.07) is 8.81. The van der Waals surface area contributed by atoms with Crippen LogP contribution in [0.1, 0.15) is 62.4 Å². The summed E-state index contributed by atoms with van der Waals surface area (Å²) in [6.45, 7) is 7.35. The van der Waals surface area contributed by atoms with E-state index in [1.807, 2.05) is 39.0 Å². The minimum absolute atomic E-state index is 0.00851. The molecule has 0 bridgehead atoms. The van der Waals surface area contributed by atoms with Gasteiger partial charge in [-0.25, -0.2) is 4.98 Å². The highest BCUT2D eigenvalue weighted by molar-refractivity contribution is 6.03. The van der Waals surface area contributed by atoms with Gasteiger partial charge >= 0.3 is 12.6 Å². The van der Waals surface area contributed by atoms with Crippen molar-refractivity contribution < 1.29 is 33.0 Å². The number of ether oxygens (including phenoxy) is 1. The topological polar surface area (TPSA) is 109 Å². The number of aryl methyl sites for hydroxylation is 2. The molecule has 0 unspecified atom stereocenters. The molecule has 1 fully saturated rings. The molecule has 1 saturated heterocycles. The third kappa shape index (κ3) is 5.89. The molecule has 1 aliphatic rings. The Kier molecular flexibility index (Phi) is 7.90. The molecule has 8 nitrogen and oxygen atoms in total. The Morgan fingerprint density at radius 3 is 2.38 bits per heavy atom. The maximum absolute atomic E-state index is 13.9. The predicted octanol–water partition coefficient (Wildman–Crippen LogP) is 4.64. The van der Waals surface area contributed by atoms with E-state index in [1.54, 1.807) is 13.0 Å². The summed E-state index contributed by atoms with van der Waals surface area (Å²) in [7, 11) is 0. The van der Waals surface area contributed by atoms with Crippen LogP contribution in [0, 0.1) is 19.3 Å². The number of halogens is 2. The lowest BCUT2D eigenvalue weighted by molar-refractivity contribution is -0.155. The van der Waals surface area contributed by atoms with Crippen molar-refractivity contribution in [1.29, 1.82) is 0 Å². The molecule has 1 aliphatic heterocycles. The molecular weight excluding hydrogens is 484 g/mol. The van der Waals surface area contributed by atoms with Gasteiger partial charge in [0.25, 0.3) is 0 Å². The number of hydrogen-bond donors (Lipinski definition) is 2. The van der Waals surface area contributed by atoms with Gasteiger partial charge in [0.15, 0.2) is 0 Å². The van der Waals surface area contributed by atoms with E-state index in [0.717, 1.165) is 16.7 Å². The molecule has 0 spiro atoms. The van der Waals surface area contributed by atoms with E-state index >= 15 is 0 Å². The fraction of sp³-hybridized carbons (Fsp3) is 0.481. The Morgan fingerprint density at radius 2 is 1.81 bits per heavy atom. The molecule has 3 rings (SSSR count). The summed E-state index contributed by atoms with van der Waals surface area (Å²) in [5.41, 5.74) is 0.557. The standard InChI is InChI=1S/C27H33F2N3O5/c1-15(2)18-9-7-16(3)11-19(18)27(13-32(14-27)21(33)12-26(5,6)24(35)36)23(34)31-20-10-8-17(4)30-22(20)37-25(28)29/h7-11,15,25H,12-14H2,1-6H3,(H,31,34)(H,35,36). The number of carbonyl (C=O) groups is 3. The van der Waals surface area contributed by atoms with Crippen LogP contribution in [0.4, 0.5) is 14.5 Å². The largest absolute Gasteiger partial charge is 0.481 e. The number of likely N-dealkylation sites (tertiary alicyclic amines) is 1. The number of nitrogens with one attached hydrogen (secondary N) is 1. The first-order valence-corrected chi connectivity index (χ1v) is 12.0. The number of carboxylic acid groups (broad SMARTS) is 1. The normalized spacial score (nSPS) is 14.9. The number of benzene rings is 1. The Labute approximate surface area is 215 Å². The summed E-state index contributed by atoms with van der Waals surface area (Å²) < 4.78 is 30.5. The van der Waals surface area contributed by atoms with Crippen LogP contribution in [-0.2, 0) is 19.8 Å². The number of anilines is 1. The van der Waals surface area contributed by atoms with Gasteiger partial charge in [0, 0.05) is 25.2 Å². The summed E-state index contributed by atoms with van der Waals surface area (Å²) in [4.78, 5) is 43.8. The zero-order chi connectivity index (χ0) is 27.7. The molecule has 0 aliphatic carbocycles. The van der Waals surface area contributed by atoms with Crippen molar-refractivity contribution in [1.82, 2.24) is 9.88 Å². The molecule has 37 heavy (non-hydrogen) atoms. The number of rotatable bonds is 9. The van der Waals surface area contributed by atoms with Gasteiger partial charge in [-0.05, 0) is 56.9 Å². The summed E-state index contributed by atoms with van der Waals surface area (Å²) in [5, 5.41) is 12.1. The second-order valence-electron chi connectivity index (χ2n) is 10.6. The van der Waals surface area contributed by atoms with Gasteiger partial charge in [-0.1, -0.05) is 37.6 Å². The summed E-state index contributed by atoms with van der Waals surface area (Å²) in [5.74, 6) is -2.30. The van der Waals surface area contributed by atoms with Crippen LogP contribution >= 0.6 is 0 Å². The quantitative estimate of drug-likeness (QED) is 0.502. The fourth-order valence-corrected chi connectivity index (χ4v) is 4.42. The van der Waals surface area contributed by atoms with E-state index < -0.39 is 35.2 Å². The molecule has 0 radical (unpaired) electrons. The van der Waals surface area contributed by atoms with Crippen LogP contribution in [0.5, 0.6) is 5.88 Å². The number of pyridine rings is 1. The van der Waals surface area contributed by atoms with Gasteiger partial charge in [-0.2, -0.15) is 8.78 Å². The molecule has 1 aromatic carbocycles. The van der Waals surface area contributed by atoms with Crippen molar-refractivity contribution in [3.8, 4) is 5.88 Å². The molecule has 10 heteroatoms. The van der Waals surface area contributed by atoms with Gasteiger partial charge in [-0.15, -0.1) is 0 Å². The summed E-state index contributed by atoms with van der Waals surface area (Å²) >= 11 is 0. The lowest BCUT2D eigenvalue weighted by Crippen LogP contribution is -2.67. The predicted molar refractivity (Wildman–Crippen MR) is 134 cm³/mol. The Bertz CT molecular complexity index is 1210. The van der Waals surface area contributed by atoms with Gasteiger partial charge in [0.05, 0.1) is 5.41 Å². The Morgan fingerprint density at radius 1 is 1.16 bits per heavy atom. The van der Waals surface area contributed by atoms with Crippen LogP contribution in [-0.4, -0.2) is 52.5 Å². The molecule has 2 aromatic rings. The van der Waals surface area contributed by atoms with Crippen LogP contribution in [0.25, 0.3) is 0 Å². The maximum atomic E-state index is 13.9. The third-order valence-electron chi connectivity index (χ3n) is 6.68. The van der Waals surface area contributed by atoms with Crippen LogP contribution in [0.3, 0.4) is 0 Å². The van der Waals surface area contributed by atoms with Crippen LogP contribution in [0.15, 0.2) is 30.3 Å². The van der Waals surface area contributed by atoms with E-state index in [1.165, 1.54) is 24.8 Å². The van der Waals surface area contributed by atoms with Gasteiger partial charge in [0.1, 0.15) is 11.1 Å². The van der Waals surface area contributed by atoms with Crippen molar-refractivity contribution in [3.63, 3.8) is 0 Å². The zero-order valence-electron chi connectivity index (χ0n) is 21.9. The number of aliphatic carboxylic acids is 1. The molecule has 2 N–H and O–H groups in total. The molecule has 1 aromatic heterocycles. The average Bonchev–Trinajstić information content (AvgIpc) is 2.74. The van der Waals surface area contributed by atoms with Gasteiger partial charge in [0.2, 0.25) is 17.7 Å². The fourth-order valence-electron chi connectivity index (χ4n) is 4.42. The second-order valence-corrected chi connectivity index (χ2v) is 10.6. The van der Waals surface area contributed by atoms with Gasteiger partial charge in [-0.3, -0.25) is 14.4 Å². The number of alkyl halides is 2. The third-order valence-corrected chi connectivity index (χ3v) is 6.68. The zero-order valence-corrected chi connectivity index (χ0v) is 21.9. The Hall–Kier alpha value is -3.56. The maximum Gasteiger partial charge on any atom is 0.388 e. The summed E-state index contributed by atoms with van der Waals surface area (Å²) in [6.07, 6.45) is -0.223. The van der Waals surface area contributed by atoms with E-state index in [-0.39, 0.29) is 37.0 Å². The van der Waals surface area contributed by atoms with Crippen LogP contribution in [0.2, 0.25) is 0 Å². The number of carboxylic acids is 1. The van der Waals surface area contributed by atoms with Gasteiger partial charge < -0.3 is 20.1 Å². The molecule has 200 valence electrons. The highest BCUT2D eigenvalue weighted by Gasteiger charge is 2.54. The number of hydrogen-bond acceptors (Lipinski definition) is 5. The van der Waals surface area contributed by atoms with Crippen molar-refractivity contribution in [2.24, 2.45) is 5.41 Å². The molecular formula is C27H33F2N3O5. The number of carbonyl (C=O) groups excluding carboxylic acids is 2. The Balaban J connectivity index is 2.00. The highest BCUT2D eigenvalue weighted by atomic mass is 19.3. The van der Waals surface area contributed by atoms with Crippen molar-refractivity contribution >= 4 is 23.5 Å². The van der Waals surface area contributed by atoms with Crippen molar-refractivity contribution in [2.45, 2.75) is 65.9 Å². The first-order valence-electron chi connectivity index (χ1n) is 12.0. The SMILES string of the molecule is Cc1ccc(C(C)C)c(C2(C(=O)Nc3ccc(C)nc3OC(F)F)CN(C(=O)CC(C)(C)C(=O)O)C2)c1. The monoisotopic (exact) mass is 517 g/mol. The molecule has 2 heterocycles. The van der Waals surface area contributed by atoms with E-state index in [4.69, 9.17) is 0 Å². The minimum atomic E-state index is -3.13. The van der Waals surface area contributed by atoms with E-state index in [2.05, 4.69) is 15.0 Å². The molecule has 0 atom stereocenters. The highest BCUT2D eigenvalue weighted by Crippen LogP contribution is 2.42. The lowest BCUT2D eigenvalue weighted by Gasteiger charge is -2.50. The lowest BCUT2D eigenvalue weighted by atomic mass is 9.69. The van der Waals surface area contributed by atoms with Crippen molar-refractivity contribution in [3.05, 3.63) is 52.7 Å². The number of aromatic nitrogens is 1. The first kappa shape index (κ1) is 28.0. The number of amides is 2. The average molecular weight is 518 g/mol. The first-order chi connectivity index (χ1) is 17.2. The van der Waals surface area contributed by atoms with Crippen LogP contribution < -0.4 is 10.1 Å². The molecule has 0 saturated carbocycles. The van der Waals surface area contributed by atoms with E-state index in [0.29, 0.717) is 5.69 Å². The molecule has 2 amide bonds.